The highest BCUT2D eigenvalue weighted by Crippen LogP contribution is 2.34. The maximum absolute atomic E-state index is 12.9. The largest absolute Gasteiger partial charge is 0.598 e. The van der Waals surface area contributed by atoms with Crippen molar-refractivity contribution in [1.29, 1.82) is 0 Å². The van der Waals surface area contributed by atoms with E-state index in [0.29, 0.717) is 24.5 Å². The number of halogens is 3. The molecule has 1 aliphatic heterocycles. The van der Waals surface area contributed by atoms with E-state index in [1.165, 1.54) is 7.05 Å². The van der Waals surface area contributed by atoms with Crippen molar-refractivity contribution in [2.24, 2.45) is 0 Å². The van der Waals surface area contributed by atoms with Crippen LogP contribution in [0.2, 0.25) is 0 Å². The maximum atomic E-state index is 12.9. The molecule has 0 spiro atoms. The summed E-state index contributed by atoms with van der Waals surface area (Å²) in [6.07, 6.45) is -0.427. The first-order valence-corrected chi connectivity index (χ1v) is 9.23. The number of hydrogen-bond donors (Lipinski definition) is 2. The predicted molar refractivity (Wildman–Crippen MR) is 91.5 cm³/mol. The number of nitrogens with zero attached hydrogens (tertiary/aromatic N) is 5. The summed E-state index contributed by atoms with van der Waals surface area (Å²) >= 11 is -1.00. The molecular weight excluding hydrogens is 371 g/mol. The van der Waals surface area contributed by atoms with Crippen LogP contribution in [-0.4, -0.2) is 55.0 Å². The molecule has 26 heavy (non-hydrogen) atoms. The Morgan fingerprint density at radius 3 is 2.62 bits per heavy atom. The third-order valence-corrected chi connectivity index (χ3v) is 5.09. The highest BCUT2D eigenvalue weighted by Gasteiger charge is 2.36. The number of hydrogen-bond acceptors (Lipinski definition) is 7. The van der Waals surface area contributed by atoms with E-state index >= 15 is 0 Å². The SMILES string of the molecule is CNc1nc(Nc2cn(C3CN([S+](C)[O-])C3)nc2C)ncc1C(F)(F)F. The molecule has 2 aromatic heterocycles. The molecule has 2 N–H and O–H groups in total. The second kappa shape index (κ2) is 6.93. The van der Waals surface area contributed by atoms with Crippen molar-refractivity contribution in [2.45, 2.75) is 19.1 Å². The van der Waals surface area contributed by atoms with Crippen molar-refractivity contribution in [3.8, 4) is 0 Å². The summed E-state index contributed by atoms with van der Waals surface area (Å²) in [6, 6.07) is 0.106. The molecule has 0 radical (unpaired) electrons. The summed E-state index contributed by atoms with van der Waals surface area (Å²) < 4.78 is 53.6. The van der Waals surface area contributed by atoms with E-state index in [1.54, 1.807) is 24.1 Å². The van der Waals surface area contributed by atoms with E-state index in [2.05, 4.69) is 25.7 Å². The minimum atomic E-state index is -4.53. The van der Waals surface area contributed by atoms with Crippen LogP contribution >= 0.6 is 0 Å². The van der Waals surface area contributed by atoms with Gasteiger partial charge < -0.3 is 15.2 Å². The van der Waals surface area contributed by atoms with Crippen molar-refractivity contribution in [3.05, 3.63) is 23.7 Å². The Kier molecular flexibility index (Phi) is 4.99. The Labute approximate surface area is 151 Å². The lowest BCUT2D eigenvalue weighted by Crippen LogP contribution is -2.50. The molecule has 1 saturated heterocycles. The Hall–Kier alpha value is -2.05. The lowest BCUT2D eigenvalue weighted by atomic mass is 10.2. The quantitative estimate of drug-likeness (QED) is 0.755. The molecule has 1 atom stereocenters. The van der Waals surface area contributed by atoms with Gasteiger partial charge in [0.25, 0.3) is 0 Å². The van der Waals surface area contributed by atoms with Crippen LogP contribution in [0.3, 0.4) is 0 Å². The van der Waals surface area contributed by atoms with Crippen molar-refractivity contribution in [2.75, 3.05) is 37.0 Å². The standard InChI is InChI=1S/C14H18F3N7OS/c1-8-11(7-24(22-8)9-5-23(6-9)26(3)25)20-13-19-4-10(14(15,16)17)12(18-2)21-13/h4,7,9H,5-6H2,1-3H3,(H2,18,19,20,21). The highest BCUT2D eigenvalue weighted by molar-refractivity contribution is 7.88. The molecule has 2 aromatic rings. The van der Waals surface area contributed by atoms with Gasteiger partial charge in [0.05, 0.1) is 30.5 Å². The first-order chi connectivity index (χ1) is 12.2. The molecule has 3 heterocycles. The minimum absolute atomic E-state index is 0.0369. The van der Waals surface area contributed by atoms with E-state index in [4.69, 9.17) is 0 Å². The zero-order valence-corrected chi connectivity index (χ0v) is 15.1. The molecule has 12 heteroatoms. The third kappa shape index (κ3) is 3.71. The Bertz CT molecular complexity index is 789. The van der Waals surface area contributed by atoms with Crippen molar-refractivity contribution < 1.29 is 17.7 Å². The van der Waals surface area contributed by atoms with Gasteiger partial charge in [0, 0.05) is 30.8 Å². The molecule has 8 nitrogen and oxygen atoms in total. The Morgan fingerprint density at radius 2 is 2.04 bits per heavy atom. The van der Waals surface area contributed by atoms with Gasteiger partial charge in [0.1, 0.15) is 17.6 Å². The normalized spacial score (nSPS) is 17.0. The van der Waals surface area contributed by atoms with Crippen LogP contribution in [0.25, 0.3) is 0 Å². The van der Waals surface area contributed by atoms with E-state index in [9.17, 15) is 17.7 Å². The highest BCUT2D eigenvalue weighted by atomic mass is 32.2. The van der Waals surface area contributed by atoms with Crippen LogP contribution in [0.5, 0.6) is 0 Å². The molecule has 3 rings (SSSR count). The smallest absolute Gasteiger partial charge is 0.421 e. The van der Waals surface area contributed by atoms with Crippen molar-refractivity contribution in [3.63, 3.8) is 0 Å². The van der Waals surface area contributed by atoms with Gasteiger partial charge in [-0.05, 0) is 6.92 Å². The molecule has 0 aromatic carbocycles. The molecule has 0 amide bonds. The summed E-state index contributed by atoms with van der Waals surface area (Å²) in [4.78, 5) is 7.62. The van der Waals surface area contributed by atoms with Gasteiger partial charge in [-0.3, -0.25) is 4.68 Å². The van der Waals surface area contributed by atoms with E-state index < -0.39 is 23.1 Å². The van der Waals surface area contributed by atoms with E-state index in [1.807, 2.05) is 4.31 Å². The first-order valence-electron chi connectivity index (χ1n) is 7.72. The minimum Gasteiger partial charge on any atom is -0.598 e. The first kappa shape index (κ1) is 18.7. The summed E-state index contributed by atoms with van der Waals surface area (Å²) in [7, 11) is 1.37. The predicted octanol–water partition coefficient (Wildman–Crippen LogP) is 1.94. The van der Waals surface area contributed by atoms with Gasteiger partial charge in [-0.2, -0.15) is 23.3 Å². The number of rotatable bonds is 5. The zero-order valence-electron chi connectivity index (χ0n) is 14.3. The number of alkyl halides is 3. The van der Waals surface area contributed by atoms with Crippen LogP contribution in [-0.2, 0) is 17.5 Å². The van der Waals surface area contributed by atoms with Crippen LogP contribution in [0.4, 0.5) is 30.6 Å². The number of aromatic nitrogens is 4. The van der Waals surface area contributed by atoms with Crippen LogP contribution in [0, 0.1) is 6.92 Å². The molecule has 0 aliphatic carbocycles. The molecule has 1 fully saturated rings. The fraction of sp³-hybridized carbons (Fsp3) is 0.500. The lowest BCUT2D eigenvalue weighted by Gasteiger charge is -2.36. The second-order valence-electron chi connectivity index (χ2n) is 5.86. The third-order valence-electron chi connectivity index (χ3n) is 4.06. The van der Waals surface area contributed by atoms with Crippen molar-refractivity contribution >= 4 is 28.8 Å². The van der Waals surface area contributed by atoms with Crippen molar-refractivity contribution in [1.82, 2.24) is 24.1 Å². The molecular formula is C14H18F3N7OS. The summed E-state index contributed by atoms with van der Waals surface area (Å²) in [5.74, 6) is -0.269. The van der Waals surface area contributed by atoms with Gasteiger partial charge in [0.15, 0.2) is 0 Å². The van der Waals surface area contributed by atoms with Gasteiger partial charge in [0.2, 0.25) is 5.95 Å². The molecule has 1 aliphatic rings. The monoisotopic (exact) mass is 389 g/mol. The van der Waals surface area contributed by atoms with Crippen LogP contribution in [0.1, 0.15) is 17.3 Å². The van der Waals surface area contributed by atoms with E-state index in [0.717, 1.165) is 6.20 Å². The van der Waals surface area contributed by atoms with Gasteiger partial charge in [-0.25, -0.2) is 4.98 Å². The lowest BCUT2D eigenvalue weighted by molar-refractivity contribution is -0.137. The van der Waals surface area contributed by atoms with Crippen LogP contribution in [0.15, 0.2) is 12.4 Å². The molecule has 0 bridgehead atoms. The van der Waals surface area contributed by atoms with Gasteiger partial charge in [-0.1, -0.05) is 0 Å². The molecule has 142 valence electrons. The average Bonchev–Trinajstić information content (AvgIpc) is 2.84. The Balaban J connectivity index is 1.76. The molecule has 1 unspecified atom stereocenters. The van der Waals surface area contributed by atoms with Gasteiger partial charge >= 0.3 is 6.18 Å². The van der Waals surface area contributed by atoms with E-state index in [-0.39, 0.29) is 17.8 Å². The topological polar surface area (TPSA) is 94.0 Å². The summed E-state index contributed by atoms with van der Waals surface area (Å²) in [5.41, 5.74) is 0.332. The number of aryl methyl sites for hydroxylation is 1. The Morgan fingerprint density at radius 1 is 1.35 bits per heavy atom. The second-order valence-corrected chi connectivity index (χ2v) is 7.23. The zero-order chi connectivity index (χ0) is 19.1. The maximum Gasteiger partial charge on any atom is 0.421 e. The number of nitrogens with one attached hydrogen (secondary N) is 2. The summed E-state index contributed by atoms with van der Waals surface area (Å²) in [6.45, 7) is 3.03. The van der Waals surface area contributed by atoms with Crippen LogP contribution < -0.4 is 10.6 Å². The molecule has 0 saturated carbocycles. The van der Waals surface area contributed by atoms with Gasteiger partial charge in [-0.15, -0.1) is 4.31 Å². The fourth-order valence-corrected chi connectivity index (χ4v) is 3.31. The fourth-order valence-electron chi connectivity index (χ4n) is 2.55. The average molecular weight is 389 g/mol. The summed E-state index contributed by atoms with van der Waals surface area (Å²) in [5, 5.41) is 9.73. The number of anilines is 3.